The van der Waals surface area contributed by atoms with Crippen LogP contribution in [0.25, 0.3) is 11.1 Å². The van der Waals surface area contributed by atoms with Crippen LogP contribution in [0.3, 0.4) is 0 Å². The lowest BCUT2D eigenvalue weighted by atomic mass is 10.0. The van der Waals surface area contributed by atoms with Crippen molar-refractivity contribution in [1.29, 1.82) is 0 Å². The molecular weight excluding hydrogens is 431 g/mol. The molecule has 7 heteroatoms. The maximum atomic E-state index is 12.8. The SMILES string of the molecule is CC(NC(=O)N(C)C1CCN(C)CC1)c1ccc(-c2ccc(C3CC3)nc2)c(Cl)c1Cl. The molecule has 4 rings (SSSR count). The maximum Gasteiger partial charge on any atom is 0.317 e. The monoisotopic (exact) mass is 460 g/mol. The molecule has 0 spiro atoms. The number of nitrogens with zero attached hydrogens (tertiary/aromatic N) is 3. The van der Waals surface area contributed by atoms with Crippen molar-refractivity contribution < 1.29 is 4.79 Å². The molecule has 2 heterocycles. The molecule has 1 unspecified atom stereocenters. The van der Waals surface area contributed by atoms with Gasteiger partial charge in [-0.2, -0.15) is 0 Å². The summed E-state index contributed by atoms with van der Waals surface area (Å²) < 4.78 is 0. The Morgan fingerprint density at radius 1 is 1.13 bits per heavy atom. The highest BCUT2D eigenvalue weighted by Crippen LogP contribution is 2.41. The predicted molar refractivity (Wildman–Crippen MR) is 127 cm³/mol. The van der Waals surface area contributed by atoms with Crippen molar-refractivity contribution in [2.24, 2.45) is 0 Å². The number of likely N-dealkylation sites (tertiary alicyclic amines) is 1. The van der Waals surface area contributed by atoms with Crippen LogP contribution in [-0.2, 0) is 0 Å². The van der Waals surface area contributed by atoms with Gasteiger partial charge in [0.2, 0.25) is 0 Å². The summed E-state index contributed by atoms with van der Waals surface area (Å²) in [4.78, 5) is 21.5. The maximum absolute atomic E-state index is 12.8. The van der Waals surface area contributed by atoms with Crippen molar-refractivity contribution in [3.63, 3.8) is 0 Å². The Kier molecular flexibility index (Phi) is 6.75. The molecule has 1 atom stereocenters. The quantitative estimate of drug-likeness (QED) is 0.619. The average Bonchev–Trinajstić information content (AvgIpc) is 3.61. The van der Waals surface area contributed by atoms with Crippen molar-refractivity contribution in [3.8, 4) is 11.1 Å². The second kappa shape index (κ2) is 9.35. The summed E-state index contributed by atoms with van der Waals surface area (Å²) in [6, 6.07) is 7.95. The number of carbonyl (C=O) groups excluding carboxylic acids is 1. The van der Waals surface area contributed by atoms with E-state index in [1.807, 2.05) is 37.2 Å². The third-order valence-corrected chi connectivity index (χ3v) is 7.46. The van der Waals surface area contributed by atoms with E-state index in [1.54, 1.807) is 0 Å². The van der Waals surface area contributed by atoms with Crippen LogP contribution in [-0.4, -0.2) is 54.0 Å². The number of rotatable bonds is 5. The molecule has 2 aliphatic rings. The molecule has 1 aromatic carbocycles. The van der Waals surface area contributed by atoms with E-state index in [-0.39, 0.29) is 18.1 Å². The number of aromatic nitrogens is 1. The van der Waals surface area contributed by atoms with Gasteiger partial charge < -0.3 is 15.1 Å². The number of carbonyl (C=O) groups is 1. The van der Waals surface area contributed by atoms with E-state index >= 15 is 0 Å². The third kappa shape index (κ3) is 5.00. The molecule has 1 aromatic heterocycles. The molecule has 2 amide bonds. The fraction of sp³-hybridized carbons (Fsp3) is 0.500. The highest BCUT2D eigenvalue weighted by atomic mass is 35.5. The van der Waals surface area contributed by atoms with Gasteiger partial charge in [-0.1, -0.05) is 41.4 Å². The van der Waals surface area contributed by atoms with Crippen LogP contribution in [0, 0.1) is 0 Å². The summed E-state index contributed by atoms with van der Waals surface area (Å²) in [5.41, 5.74) is 3.75. The fourth-order valence-electron chi connectivity index (χ4n) is 4.22. The Hall–Kier alpha value is -1.82. The van der Waals surface area contributed by atoms with Crippen molar-refractivity contribution in [1.82, 2.24) is 20.1 Å². The largest absolute Gasteiger partial charge is 0.331 e. The molecule has 31 heavy (non-hydrogen) atoms. The van der Waals surface area contributed by atoms with Crippen molar-refractivity contribution in [2.75, 3.05) is 27.2 Å². The standard InChI is InChI=1S/C24H30Cl2N4O/c1-15(28-24(31)30(3)18-10-12-29(2)13-11-18)19-7-8-20(23(26)22(19)25)17-6-9-21(27-14-17)16-4-5-16/h6-9,14-16,18H,4-5,10-13H2,1-3H3,(H,28,31). The molecule has 1 aliphatic carbocycles. The number of hydrogen-bond donors (Lipinski definition) is 1. The van der Waals surface area contributed by atoms with Crippen LogP contribution in [0.4, 0.5) is 4.79 Å². The van der Waals surface area contributed by atoms with E-state index in [0.717, 1.165) is 48.3 Å². The molecule has 2 fully saturated rings. The minimum Gasteiger partial charge on any atom is -0.331 e. The Balaban J connectivity index is 1.45. The van der Waals surface area contributed by atoms with Crippen molar-refractivity contribution in [3.05, 3.63) is 51.8 Å². The fourth-order valence-corrected chi connectivity index (χ4v) is 4.83. The zero-order valence-electron chi connectivity index (χ0n) is 18.4. The highest BCUT2D eigenvalue weighted by molar-refractivity contribution is 6.44. The molecule has 5 nitrogen and oxygen atoms in total. The summed E-state index contributed by atoms with van der Waals surface area (Å²) >= 11 is 13.3. The van der Waals surface area contributed by atoms with Crippen molar-refractivity contribution >= 4 is 29.2 Å². The highest BCUT2D eigenvalue weighted by Gasteiger charge is 2.26. The second-order valence-electron chi connectivity index (χ2n) is 8.89. The summed E-state index contributed by atoms with van der Waals surface area (Å²) in [5.74, 6) is 0.618. The first kappa shape index (κ1) is 22.4. The van der Waals surface area contributed by atoms with E-state index in [0.29, 0.717) is 16.0 Å². The lowest BCUT2D eigenvalue weighted by Gasteiger charge is -2.35. The lowest BCUT2D eigenvalue weighted by Crippen LogP contribution is -2.48. The minimum atomic E-state index is -0.254. The molecule has 2 aromatic rings. The Morgan fingerprint density at radius 2 is 1.84 bits per heavy atom. The number of nitrogens with one attached hydrogen (secondary N) is 1. The van der Waals surface area contributed by atoms with Gasteiger partial charge in [0.1, 0.15) is 0 Å². The smallest absolute Gasteiger partial charge is 0.317 e. The third-order valence-electron chi connectivity index (χ3n) is 6.57. The summed E-state index contributed by atoms with van der Waals surface area (Å²) in [7, 11) is 3.99. The molecule has 0 radical (unpaired) electrons. The zero-order chi connectivity index (χ0) is 22.1. The van der Waals surface area contributed by atoms with Crippen LogP contribution in [0.1, 0.15) is 55.8 Å². The van der Waals surface area contributed by atoms with E-state index < -0.39 is 0 Å². The normalized spacial score (nSPS) is 18.6. The van der Waals surface area contributed by atoms with Gasteiger partial charge in [0.05, 0.1) is 16.1 Å². The molecule has 1 N–H and O–H groups in total. The van der Waals surface area contributed by atoms with Crippen LogP contribution in [0.2, 0.25) is 10.0 Å². The van der Waals surface area contributed by atoms with Gasteiger partial charge in [-0.3, -0.25) is 4.98 Å². The molecule has 166 valence electrons. The van der Waals surface area contributed by atoms with Gasteiger partial charge in [0.25, 0.3) is 0 Å². The van der Waals surface area contributed by atoms with E-state index in [4.69, 9.17) is 23.2 Å². The first-order valence-electron chi connectivity index (χ1n) is 11.0. The first-order chi connectivity index (χ1) is 14.8. The van der Waals surface area contributed by atoms with Gasteiger partial charge in [0, 0.05) is 42.0 Å². The van der Waals surface area contributed by atoms with E-state index in [1.165, 1.54) is 12.8 Å². The molecular formula is C24H30Cl2N4O. The average molecular weight is 461 g/mol. The van der Waals surface area contributed by atoms with Gasteiger partial charge >= 0.3 is 6.03 Å². The Bertz CT molecular complexity index is 937. The number of benzene rings is 1. The van der Waals surface area contributed by atoms with E-state index in [9.17, 15) is 4.79 Å². The molecule has 1 saturated carbocycles. The van der Waals surface area contributed by atoms with Gasteiger partial charge in [-0.05, 0) is 64.4 Å². The van der Waals surface area contributed by atoms with Gasteiger partial charge in [-0.25, -0.2) is 4.79 Å². The predicted octanol–water partition coefficient (Wildman–Crippen LogP) is 5.73. The lowest BCUT2D eigenvalue weighted by molar-refractivity contribution is 0.146. The van der Waals surface area contributed by atoms with Crippen LogP contribution < -0.4 is 5.32 Å². The first-order valence-corrected chi connectivity index (χ1v) is 11.8. The Labute approximate surface area is 194 Å². The number of piperidine rings is 1. The number of amides is 2. The topological polar surface area (TPSA) is 48.5 Å². The second-order valence-corrected chi connectivity index (χ2v) is 9.65. The van der Waals surface area contributed by atoms with Gasteiger partial charge in [0.15, 0.2) is 0 Å². The minimum absolute atomic E-state index is 0.0850. The summed E-state index contributed by atoms with van der Waals surface area (Å²) in [6.07, 6.45) is 6.30. The number of pyridine rings is 1. The number of hydrogen-bond acceptors (Lipinski definition) is 3. The van der Waals surface area contributed by atoms with Crippen LogP contribution >= 0.6 is 23.2 Å². The number of halogens is 2. The van der Waals surface area contributed by atoms with Crippen LogP contribution in [0.15, 0.2) is 30.5 Å². The summed E-state index contributed by atoms with van der Waals surface area (Å²) in [5, 5.41) is 4.04. The summed E-state index contributed by atoms with van der Waals surface area (Å²) in [6.45, 7) is 3.96. The zero-order valence-corrected chi connectivity index (χ0v) is 19.9. The van der Waals surface area contributed by atoms with Crippen LogP contribution in [0.5, 0.6) is 0 Å². The molecule has 1 saturated heterocycles. The Morgan fingerprint density at radius 3 is 2.45 bits per heavy atom. The molecule has 1 aliphatic heterocycles. The number of urea groups is 1. The van der Waals surface area contributed by atoms with Crippen molar-refractivity contribution in [2.45, 2.75) is 50.6 Å². The molecule has 0 bridgehead atoms. The van der Waals surface area contributed by atoms with Gasteiger partial charge in [-0.15, -0.1) is 0 Å². The van der Waals surface area contributed by atoms with E-state index in [2.05, 4.69) is 34.4 Å².